The average Bonchev–Trinajstić information content (AvgIpc) is 2.51. The predicted octanol–water partition coefficient (Wildman–Crippen LogP) is 2.72. The maximum Gasteiger partial charge on any atom is 0.178 e. The van der Waals surface area contributed by atoms with E-state index in [1.165, 1.54) is 57.8 Å². The third-order valence-corrected chi connectivity index (χ3v) is 6.62. The highest BCUT2D eigenvalue weighted by Crippen LogP contribution is 2.17. The standard InChI is InChI=1S/C18H34OSi2/c1-4-7-10-15-13-14-16(11-8-5-2)18(21-19-20)17(15)12-9-6-3/h13-14H,4-12,21H2,1-3,20H3. The van der Waals surface area contributed by atoms with Gasteiger partial charge in [-0.05, 0) is 60.4 Å². The number of hydrogen-bond donors (Lipinski definition) is 0. The second-order valence-electron chi connectivity index (χ2n) is 6.08. The highest BCUT2D eigenvalue weighted by molar-refractivity contribution is 6.52. The van der Waals surface area contributed by atoms with Crippen LogP contribution in [0.1, 0.15) is 76.0 Å². The lowest BCUT2D eigenvalue weighted by molar-refractivity contribution is 0.673. The third kappa shape index (κ3) is 6.09. The summed E-state index contributed by atoms with van der Waals surface area (Å²) in [5, 5.41) is 1.67. The van der Waals surface area contributed by atoms with E-state index in [4.69, 9.17) is 4.12 Å². The van der Waals surface area contributed by atoms with Gasteiger partial charge in [-0.2, -0.15) is 0 Å². The van der Waals surface area contributed by atoms with Crippen molar-refractivity contribution >= 4 is 25.4 Å². The summed E-state index contributed by atoms with van der Waals surface area (Å²) in [7, 11) is 0.395. The van der Waals surface area contributed by atoms with Crippen LogP contribution >= 0.6 is 0 Å². The zero-order valence-corrected chi connectivity index (χ0v) is 18.0. The van der Waals surface area contributed by atoms with Gasteiger partial charge in [0.1, 0.15) is 10.5 Å². The summed E-state index contributed by atoms with van der Waals surface area (Å²) in [6, 6.07) is 4.84. The molecule has 0 saturated carbocycles. The van der Waals surface area contributed by atoms with Crippen molar-refractivity contribution in [3.63, 3.8) is 0 Å². The lowest BCUT2D eigenvalue weighted by atomic mass is 9.94. The molecule has 0 aliphatic carbocycles. The zero-order valence-electron chi connectivity index (χ0n) is 14.6. The normalized spacial score (nSPS) is 11.8. The maximum absolute atomic E-state index is 5.81. The number of aryl methyl sites for hydroxylation is 2. The molecule has 0 aromatic heterocycles. The topological polar surface area (TPSA) is 9.23 Å². The van der Waals surface area contributed by atoms with Gasteiger partial charge in [0.2, 0.25) is 0 Å². The smallest absolute Gasteiger partial charge is 0.178 e. The van der Waals surface area contributed by atoms with E-state index >= 15 is 0 Å². The summed E-state index contributed by atoms with van der Waals surface area (Å²) in [6.45, 7) is 6.87. The Kier molecular flexibility index (Phi) is 9.97. The summed E-state index contributed by atoms with van der Waals surface area (Å²) >= 11 is 0. The molecule has 0 heterocycles. The summed E-state index contributed by atoms with van der Waals surface area (Å²) in [4.78, 5) is 0. The van der Waals surface area contributed by atoms with E-state index < -0.39 is 9.76 Å². The quantitative estimate of drug-likeness (QED) is 0.569. The molecule has 1 aromatic rings. The van der Waals surface area contributed by atoms with Gasteiger partial charge < -0.3 is 4.12 Å². The zero-order chi connectivity index (χ0) is 15.5. The monoisotopic (exact) mass is 322 g/mol. The minimum Gasteiger partial charge on any atom is -0.465 e. The highest BCUT2D eigenvalue weighted by Gasteiger charge is 2.13. The molecule has 1 rings (SSSR count). The van der Waals surface area contributed by atoms with Crippen LogP contribution < -0.4 is 5.19 Å². The fourth-order valence-corrected chi connectivity index (χ4v) is 5.19. The molecule has 0 amide bonds. The lowest BCUT2D eigenvalue weighted by Gasteiger charge is -2.19. The van der Waals surface area contributed by atoms with Crippen LogP contribution in [0.3, 0.4) is 0 Å². The third-order valence-electron chi connectivity index (χ3n) is 4.29. The van der Waals surface area contributed by atoms with Gasteiger partial charge in [0.15, 0.2) is 9.76 Å². The Morgan fingerprint density at radius 3 is 1.95 bits per heavy atom. The number of hydrogen-bond acceptors (Lipinski definition) is 1. The van der Waals surface area contributed by atoms with Crippen LogP contribution in [0.15, 0.2) is 12.1 Å². The Balaban J connectivity index is 3.10. The van der Waals surface area contributed by atoms with E-state index in [9.17, 15) is 0 Å². The summed E-state index contributed by atoms with van der Waals surface area (Å²) in [5.41, 5.74) is 4.90. The van der Waals surface area contributed by atoms with E-state index in [1.807, 2.05) is 0 Å². The minimum absolute atomic E-state index is 0.498. The molecule has 0 radical (unpaired) electrons. The molecule has 0 atom stereocenters. The first-order valence-corrected chi connectivity index (χ1v) is 11.0. The van der Waals surface area contributed by atoms with Crippen molar-refractivity contribution in [3.05, 3.63) is 28.8 Å². The molecule has 0 spiro atoms. The van der Waals surface area contributed by atoms with Crippen molar-refractivity contribution in [1.82, 2.24) is 0 Å². The van der Waals surface area contributed by atoms with E-state index in [0.29, 0.717) is 0 Å². The van der Waals surface area contributed by atoms with Crippen LogP contribution in [-0.2, 0) is 23.4 Å². The van der Waals surface area contributed by atoms with Crippen molar-refractivity contribution in [1.29, 1.82) is 0 Å². The molecule has 0 fully saturated rings. The average molecular weight is 323 g/mol. The van der Waals surface area contributed by atoms with Gasteiger partial charge in [-0.1, -0.05) is 52.2 Å². The van der Waals surface area contributed by atoms with Crippen molar-refractivity contribution in [2.45, 2.75) is 78.6 Å². The molecule has 0 unspecified atom stereocenters. The Labute approximate surface area is 137 Å². The molecule has 3 heteroatoms. The second kappa shape index (κ2) is 11.2. The van der Waals surface area contributed by atoms with Gasteiger partial charge in [-0.25, -0.2) is 0 Å². The summed E-state index contributed by atoms with van der Waals surface area (Å²) in [6.07, 6.45) is 11.6. The van der Waals surface area contributed by atoms with Gasteiger partial charge in [-0.15, -0.1) is 0 Å². The summed E-state index contributed by atoms with van der Waals surface area (Å²) < 4.78 is 5.81. The minimum atomic E-state index is -0.498. The molecule has 21 heavy (non-hydrogen) atoms. The number of rotatable bonds is 11. The highest BCUT2D eigenvalue weighted by atomic mass is 28.3. The number of benzene rings is 1. The van der Waals surface area contributed by atoms with Crippen LogP contribution in [0.4, 0.5) is 0 Å². The molecule has 1 aromatic carbocycles. The maximum atomic E-state index is 5.81. The van der Waals surface area contributed by atoms with Crippen molar-refractivity contribution in [2.24, 2.45) is 0 Å². The van der Waals surface area contributed by atoms with Gasteiger partial charge >= 0.3 is 0 Å². The van der Waals surface area contributed by atoms with Crippen molar-refractivity contribution < 1.29 is 4.12 Å². The SMILES string of the molecule is CCCCc1ccc(CCCC)c([SiH2]O[SiH3])c1CCCC. The van der Waals surface area contributed by atoms with Gasteiger partial charge in [0.25, 0.3) is 0 Å². The molecule has 0 saturated heterocycles. The first-order valence-electron chi connectivity index (χ1n) is 8.89. The molecule has 0 aliphatic rings. The van der Waals surface area contributed by atoms with Crippen molar-refractivity contribution in [2.75, 3.05) is 0 Å². The van der Waals surface area contributed by atoms with Crippen LogP contribution in [0.5, 0.6) is 0 Å². The van der Waals surface area contributed by atoms with Gasteiger partial charge in [0.05, 0.1) is 0 Å². The van der Waals surface area contributed by atoms with E-state index in [1.54, 1.807) is 21.9 Å². The van der Waals surface area contributed by atoms with E-state index in [-0.39, 0.29) is 0 Å². The van der Waals surface area contributed by atoms with Crippen molar-refractivity contribution in [3.8, 4) is 0 Å². The Hall–Kier alpha value is -0.386. The summed E-state index contributed by atoms with van der Waals surface area (Å²) in [5.74, 6) is 0. The fraction of sp³-hybridized carbons (Fsp3) is 0.667. The Morgan fingerprint density at radius 1 is 0.857 bits per heavy atom. The van der Waals surface area contributed by atoms with E-state index in [2.05, 4.69) is 32.9 Å². The van der Waals surface area contributed by atoms with E-state index in [0.717, 1.165) is 10.5 Å². The first kappa shape index (κ1) is 18.7. The van der Waals surface area contributed by atoms with Crippen LogP contribution in [0.25, 0.3) is 0 Å². The van der Waals surface area contributed by atoms with Gasteiger partial charge in [-0.3, -0.25) is 0 Å². The molecule has 120 valence electrons. The molecule has 0 N–H and O–H groups in total. The molecule has 0 aliphatic heterocycles. The van der Waals surface area contributed by atoms with Crippen LogP contribution in [0.2, 0.25) is 0 Å². The largest absolute Gasteiger partial charge is 0.465 e. The second-order valence-corrected chi connectivity index (χ2v) is 9.39. The first-order chi connectivity index (χ1) is 10.3. The predicted molar refractivity (Wildman–Crippen MR) is 101 cm³/mol. The Morgan fingerprint density at radius 2 is 1.38 bits per heavy atom. The van der Waals surface area contributed by atoms with Crippen LogP contribution in [0, 0.1) is 0 Å². The number of unbranched alkanes of at least 4 members (excludes halogenated alkanes) is 3. The molecular formula is C18H34OSi2. The van der Waals surface area contributed by atoms with Gasteiger partial charge in [0, 0.05) is 0 Å². The molecule has 0 bridgehead atoms. The molecular weight excluding hydrogens is 288 g/mol. The van der Waals surface area contributed by atoms with Crippen LogP contribution in [-0.4, -0.2) is 20.2 Å². The lowest BCUT2D eigenvalue weighted by Crippen LogP contribution is -2.27. The Bertz CT molecular complexity index is 404. The molecule has 1 nitrogen and oxygen atoms in total. The fourth-order valence-electron chi connectivity index (χ4n) is 2.98.